The van der Waals surface area contributed by atoms with Crippen molar-refractivity contribution in [2.24, 2.45) is 0 Å². The van der Waals surface area contributed by atoms with Gasteiger partial charge in [0.25, 0.3) is 7.82 Å². The molecule has 0 aliphatic carbocycles. The molecule has 0 aliphatic rings. The quantitative estimate of drug-likeness (QED) is 0.0201. The molecule has 0 saturated heterocycles. The van der Waals surface area contributed by atoms with Gasteiger partial charge >= 0.3 is 11.9 Å². The third kappa shape index (κ3) is 39.7. The molecule has 0 N–H and O–H groups in total. The van der Waals surface area contributed by atoms with Gasteiger partial charge in [-0.3, -0.25) is 14.2 Å². The van der Waals surface area contributed by atoms with Crippen LogP contribution >= 0.6 is 7.82 Å². The molecule has 0 saturated carbocycles. The highest BCUT2D eigenvalue weighted by Gasteiger charge is 2.21. The summed E-state index contributed by atoms with van der Waals surface area (Å²) in [7, 11) is 1.15. The number of quaternary nitrogens is 1. The number of carbonyl (C=O) groups excluding carboxylic acids is 2. The fraction of sp³-hybridized carbons (Fsp3) is 0.814. The van der Waals surface area contributed by atoms with Gasteiger partial charge in [0.1, 0.15) is 19.8 Å². The first-order valence-electron chi connectivity index (χ1n) is 21.2. The van der Waals surface area contributed by atoms with Crippen LogP contribution in [0.4, 0.5) is 0 Å². The molecule has 0 aromatic rings. The fourth-order valence-electron chi connectivity index (χ4n) is 5.50. The second-order valence-electron chi connectivity index (χ2n) is 15.3. The van der Waals surface area contributed by atoms with Gasteiger partial charge in [-0.2, -0.15) is 0 Å². The van der Waals surface area contributed by atoms with Crippen molar-refractivity contribution in [1.29, 1.82) is 0 Å². The molecule has 0 amide bonds. The molecule has 0 aliphatic heterocycles. The fourth-order valence-corrected chi connectivity index (χ4v) is 6.23. The van der Waals surface area contributed by atoms with Gasteiger partial charge in [0.15, 0.2) is 6.10 Å². The standard InChI is InChI=1S/C43H80NO8P/c1-6-8-10-12-14-16-18-20-21-22-24-26-28-30-32-34-36-43(46)52-41(40-51-53(47,48)50-38-37-44(3,4)5)39-49-42(45)35-33-31-29-27-25-23-19-17-15-13-11-9-7-2/h16-19,21-22,41H,6-15,20,23-40H2,1-5H3/b18-16-,19-17-,22-21-. The van der Waals surface area contributed by atoms with Crippen LogP contribution in [0.5, 0.6) is 0 Å². The zero-order valence-electron chi connectivity index (χ0n) is 34.7. The van der Waals surface area contributed by atoms with E-state index in [1.165, 1.54) is 64.2 Å². The maximum atomic E-state index is 12.6. The zero-order valence-corrected chi connectivity index (χ0v) is 35.6. The summed E-state index contributed by atoms with van der Waals surface area (Å²) in [4.78, 5) is 37.4. The molecule has 2 unspecified atom stereocenters. The highest BCUT2D eigenvalue weighted by Crippen LogP contribution is 2.38. The maximum absolute atomic E-state index is 12.6. The third-order valence-corrected chi connectivity index (χ3v) is 9.85. The summed E-state index contributed by atoms with van der Waals surface area (Å²) < 4.78 is 33.8. The number of hydrogen-bond acceptors (Lipinski definition) is 8. The second-order valence-corrected chi connectivity index (χ2v) is 16.8. The highest BCUT2D eigenvalue weighted by atomic mass is 31.2. The second kappa shape index (κ2) is 35.9. The first kappa shape index (κ1) is 51.2. The Morgan fingerprint density at radius 2 is 1.02 bits per heavy atom. The van der Waals surface area contributed by atoms with E-state index in [0.717, 1.165) is 77.0 Å². The van der Waals surface area contributed by atoms with Crippen LogP contribution < -0.4 is 4.89 Å². The van der Waals surface area contributed by atoms with E-state index in [-0.39, 0.29) is 26.1 Å². The van der Waals surface area contributed by atoms with Crippen LogP contribution in [0.15, 0.2) is 36.5 Å². The molecular weight excluding hydrogens is 689 g/mol. The van der Waals surface area contributed by atoms with Gasteiger partial charge in [-0.15, -0.1) is 0 Å². The molecule has 53 heavy (non-hydrogen) atoms. The molecule has 0 rings (SSSR count). The Bertz CT molecular complexity index is 1010. The molecular formula is C43H80NO8P. The topological polar surface area (TPSA) is 111 Å². The van der Waals surface area contributed by atoms with Gasteiger partial charge in [-0.05, 0) is 70.6 Å². The highest BCUT2D eigenvalue weighted by molar-refractivity contribution is 7.45. The number of ether oxygens (including phenoxy) is 2. The predicted octanol–water partition coefficient (Wildman–Crippen LogP) is 11.1. The van der Waals surface area contributed by atoms with Crippen LogP contribution in [0.3, 0.4) is 0 Å². The lowest BCUT2D eigenvalue weighted by molar-refractivity contribution is -0.870. The van der Waals surface area contributed by atoms with Crippen molar-refractivity contribution in [3.05, 3.63) is 36.5 Å². The van der Waals surface area contributed by atoms with E-state index in [9.17, 15) is 19.0 Å². The summed E-state index contributed by atoms with van der Waals surface area (Å²) in [6, 6.07) is 0. The molecule has 2 atom stereocenters. The van der Waals surface area contributed by atoms with Gasteiger partial charge in [0, 0.05) is 12.8 Å². The van der Waals surface area contributed by atoms with Gasteiger partial charge in [0.05, 0.1) is 27.7 Å². The van der Waals surface area contributed by atoms with Crippen LogP contribution in [0, 0.1) is 0 Å². The molecule has 0 bridgehead atoms. The number of nitrogens with zero attached hydrogens (tertiary/aromatic N) is 1. The summed E-state index contributed by atoms with van der Waals surface area (Å²) in [6.07, 6.45) is 38.8. The Balaban J connectivity index is 4.43. The summed E-state index contributed by atoms with van der Waals surface area (Å²) in [5.74, 6) is -0.861. The monoisotopic (exact) mass is 770 g/mol. The Morgan fingerprint density at radius 3 is 1.51 bits per heavy atom. The van der Waals surface area contributed by atoms with Gasteiger partial charge in [-0.25, -0.2) is 0 Å². The molecule has 0 aromatic heterocycles. The molecule has 10 heteroatoms. The van der Waals surface area contributed by atoms with Crippen LogP contribution in [-0.2, 0) is 32.7 Å². The molecule has 9 nitrogen and oxygen atoms in total. The number of carbonyl (C=O) groups is 2. The zero-order chi connectivity index (χ0) is 39.3. The Hall–Kier alpha value is -1.77. The van der Waals surface area contributed by atoms with Crippen LogP contribution in [0.1, 0.15) is 174 Å². The van der Waals surface area contributed by atoms with Gasteiger partial charge < -0.3 is 27.9 Å². The minimum atomic E-state index is -4.63. The minimum absolute atomic E-state index is 0.0353. The van der Waals surface area contributed by atoms with Crippen molar-refractivity contribution in [3.63, 3.8) is 0 Å². The molecule has 0 aromatic carbocycles. The number of hydrogen-bond donors (Lipinski definition) is 0. The maximum Gasteiger partial charge on any atom is 0.306 e. The van der Waals surface area contributed by atoms with E-state index < -0.39 is 32.5 Å². The molecule has 0 spiro atoms. The van der Waals surface area contributed by atoms with E-state index in [2.05, 4.69) is 50.3 Å². The van der Waals surface area contributed by atoms with Crippen LogP contribution in [0.25, 0.3) is 0 Å². The van der Waals surface area contributed by atoms with E-state index in [1.807, 2.05) is 21.1 Å². The first-order chi connectivity index (χ1) is 25.5. The van der Waals surface area contributed by atoms with E-state index >= 15 is 0 Å². The van der Waals surface area contributed by atoms with E-state index in [4.69, 9.17) is 18.5 Å². The van der Waals surface area contributed by atoms with Crippen molar-refractivity contribution < 1.29 is 42.1 Å². The van der Waals surface area contributed by atoms with E-state index in [0.29, 0.717) is 17.4 Å². The lowest BCUT2D eigenvalue weighted by atomic mass is 10.1. The van der Waals surface area contributed by atoms with Crippen molar-refractivity contribution in [2.75, 3.05) is 47.5 Å². The minimum Gasteiger partial charge on any atom is -0.756 e. The summed E-state index contributed by atoms with van der Waals surface area (Å²) in [6.45, 7) is 4.16. The SMILES string of the molecule is CCCCCC/C=C\C/C=C\CCCCCCCC(=O)OC(COC(=O)CCCCCCC/C=C\CCCCCC)COP(=O)([O-])OCC[N+](C)(C)C. The predicted molar refractivity (Wildman–Crippen MR) is 217 cm³/mol. The van der Waals surface area contributed by atoms with Crippen LogP contribution in [0.2, 0.25) is 0 Å². The molecule has 310 valence electrons. The first-order valence-corrected chi connectivity index (χ1v) is 22.7. The van der Waals surface area contributed by atoms with Crippen molar-refractivity contribution in [3.8, 4) is 0 Å². The number of esters is 2. The average Bonchev–Trinajstić information content (AvgIpc) is 3.10. The largest absolute Gasteiger partial charge is 0.756 e. The van der Waals surface area contributed by atoms with Crippen molar-refractivity contribution in [2.45, 2.75) is 180 Å². The summed E-state index contributed by atoms with van der Waals surface area (Å²) in [5.41, 5.74) is 0. The lowest BCUT2D eigenvalue weighted by Crippen LogP contribution is -2.37. The number of unbranched alkanes of at least 4 members (excludes halogenated alkanes) is 18. The van der Waals surface area contributed by atoms with Crippen molar-refractivity contribution >= 4 is 19.8 Å². The Kier molecular flexibility index (Phi) is 34.7. The number of likely N-dealkylation sites (N-methyl/N-ethyl adjacent to an activating group) is 1. The smallest absolute Gasteiger partial charge is 0.306 e. The number of phosphoric ester groups is 1. The number of allylic oxidation sites excluding steroid dienone is 6. The molecule has 0 radical (unpaired) electrons. The lowest BCUT2D eigenvalue weighted by Gasteiger charge is -2.28. The third-order valence-electron chi connectivity index (χ3n) is 8.88. The van der Waals surface area contributed by atoms with Crippen molar-refractivity contribution in [1.82, 2.24) is 0 Å². The molecule has 0 fully saturated rings. The van der Waals surface area contributed by atoms with Gasteiger partial charge in [0.2, 0.25) is 0 Å². The number of rotatable bonds is 38. The summed E-state index contributed by atoms with van der Waals surface area (Å²) in [5, 5.41) is 0. The summed E-state index contributed by atoms with van der Waals surface area (Å²) >= 11 is 0. The van der Waals surface area contributed by atoms with E-state index in [1.54, 1.807) is 0 Å². The normalized spacial score (nSPS) is 14.0. The molecule has 0 heterocycles. The average molecular weight is 770 g/mol. The van der Waals surface area contributed by atoms with Crippen LogP contribution in [-0.4, -0.2) is 70.0 Å². The Labute approximate surface area is 325 Å². The Morgan fingerprint density at radius 1 is 0.585 bits per heavy atom. The number of phosphoric acid groups is 1. The van der Waals surface area contributed by atoms with Gasteiger partial charge in [-0.1, -0.05) is 127 Å².